The van der Waals surface area contributed by atoms with Gasteiger partial charge in [0.05, 0.1) is 5.56 Å². The summed E-state index contributed by atoms with van der Waals surface area (Å²) >= 11 is 0. The molecule has 0 unspecified atom stereocenters. The molecule has 2 amide bonds. The van der Waals surface area contributed by atoms with Gasteiger partial charge < -0.3 is 9.30 Å². The van der Waals surface area contributed by atoms with Crippen LogP contribution in [0.2, 0.25) is 0 Å². The third kappa shape index (κ3) is 4.16. The molecule has 0 radical (unpaired) electrons. The van der Waals surface area contributed by atoms with Gasteiger partial charge in [-0.1, -0.05) is 12.1 Å². The van der Waals surface area contributed by atoms with E-state index >= 15 is 0 Å². The van der Waals surface area contributed by atoms with Crippen LogP contribution in [0.1, 0.15) is 20.8 Å². The van der Waals surface area contributed by atoms with E-state index in [-0.39, 0.29) is 11.3 Å². The third-order valence-corrected chi connectivity index (χ3v) is 2.92. The summed E-state index contributed by atoms with van der Waals surface area (Å²) in [7, 11) is 1.66. The van der Waals surface area contributed by atoms with E-state index in [2.05, 4.69) is 0 Å². The molecule has 120 valence electrons. The summed E-state index contributed by atoms with van der Waals surface area (Å²) < 4.78 is 19.7. The van der Waals surface area contributed by atoms with Crippen LogP contribution < -0.4 is 10.9 Å². The lowest BCUT2D eigenvalue weighted by Gasteiger charge is -2.08. The number of ether oxygens (including phenoxy) is 1. The molecule has 0 fully saturated rings. The Morgan fingerprint density at radius 2 is 1.87 bits per heavy atom. The lowest BCUT2D eigenvalue weighted by Crippen LogP contribution is -2.43. The van der Waals surface area contributed by atoms with Crippen molar-refractivity contribution in [1.29, 1.82) is 0 Å². The third-order valence-electron chi connectivity index (χ3n) is 2.92. The van der Waals surface area contributed by atoms with E-state index in [0.29, 0.717) is 0 Å². The number of benzene rings is 1. The number of halogens is 1. The summed E-state index contributed by atoms with van der Waals surface area (Å²) in [4.78, 5) is 34.9. The van der Waals surface area contributed by atoms with Crippen molar-refractivity contribution in [2.24, 2.45) is 7.05 Å². The Bertz CT molecular complexity index is 742. The lowest BCUT2D eigenvalue weighted by molar-refractivity contribution is -0.125. The van der Waals surface area contributed by atoms with Gasteiger partial charge in [-0.2, -0.15) is 0 Å². The number of nitrogens with zero attached hydrogens (tertiary/aromatic N) is 1. The van der Waals surface area contributed by atoms with E-state index in [1.165, 1.54) is 18.2 Å². The largest absolute Gasteiger partial charge is 0.451 e. The second-order valence-corrected chi connectivity index (χ2v) is 4.56. The molecule has 0 saturated heterocycles. The van der Waals surface area contributed by atoms with Crippen molar-refractivity contribution in [3.05, 3.63) is 59.7 Å². The fourth-order valence-electron chi connectivity index (χ4n) is 1.75. The van der Waals surface area contributed by atoms with Crippen LogP contribution >= 0.6 is 0 Å². The van der Waals surface area contributed by atoms with Crippen LogP contribution in [0.25, 0.3) is 0 Å². The fourth-order valence-corrected chi connectivity index (χ4v) is 1.75. The summed E-state index contributed by atoms with van der Waals surface area (Å²) in [6, 6.07) is 8.52. The number of carbonyl (C=O) groups excluding carboxylic acids is 3. The monoisotopic (exact) mass is 319 g/mol. The van der Waals surface area contributed by atoms with Gasteiger partial charge in [0.25, 0.3) is 11.8 Å². The molecule has 8 heteroatoms. The molecule has 2 rings (SSSR count). The van der Waals surface area contributed by atoms with Crippen molar-refractivity contribution >= 4 is 17.8 Å². The summed E-state index contributed by atoms with van der Waals surface area (Å²) in [6.07, 6.45) is 1.66. The van der Waals surface area contributed by atoms with Crippen LogP contribution in [0.15, 0.2) is 42.6 Å². The Morgan fingerprint density at radius 3 is 2.52 bits per heavy atom. The number of carbonyl (C=O) groups is 3. The van der Waals surface area contributed by atoms with E-state index < -0.39 is 30.2 Å². The lowest BCUT2D eigenvalue weighted by atomic mass is 10.2. The highest BCUT2D eigenvalue weighted by atomic mass is 19.1. The predicted octanol–water partition coefficient (Wildman–Crippen LogP) is 0.782. The van der Waals surface area contributed by atoms with Crippen molar-refractivity contribution in [3.8, 4) is 0 Å². The van der Waals surface area contributed by atoms with Crippen LogP contribution in [0.4, 0.5) is 4.39 Å². The number of aromatic nitrogens is 1. The quantitative estimate of drug-likeness (QED) is 0.644. The molecule has 0 spiro atoms. The zero-order valence-corrected chi connectivity index (χ0v) is 12.2. The van der Waals surface area contributed by atoms with Crippen molar-refractivity contribution < 1.29 is 23.5 Å². The molecule has 7 nitrogen and oxygen atoms in total. The molecule has 0 aliphatic rings. The standard InChI is InChI=1S/C15H14FN3O4/c1-19-8-4-7-12(19)15(22)23-9-13(20)17-18-14(21)10-5-2-3-6-11(10)16/h2-8H,9H2,1H3,(H,17,20)(H,18,21). The number of esters is 1. The molecule has 0 aliphatic carbocycles. The minimum atomic E-state index is -0.815. The average molecular weight is 319 g/mol. The first kappa shape index (κ1) is 16.2. The molecule has 0 bridgehead atoms. The SMILES string of the molecule is Cn1cccc1C(=O)OCC(=O)NNC(=O)c1ccccc1F. The van der Waals surface area contributed by atoms with Gasteiger partial charge in [0, 0.05) is 13.2 Å². The molecule has 2 N–H and O–H groups in total. The average Bonchev–Trinajstić information content (AvgIpc) is 2.97. The normalized spacial score (nSPS) is 10.0. The molecule has 23 heavy (non-hydrogen) atoms. The maximum absolute atomic E-state index is 13.4. The molecule has 1 aromatic heterocycles. The van der Waals surface area contributed by atoms with Gasteiger partial charge in [-0.15, -0.1) is 0 Å². The number of aryl methyl sites for hydroxylation is 1. The maximum atomic E-state index is 13.4. The molecule has 0 aliphatic heterocycles. The Balaban J connectivity index is 1.79. The van der Waals surface area contributed by atoms with Crippen molar-refractivity contribution in [1.82, 2.24) is 15.4 Å². The maximum Gasteiger partial charge on any atom is 0.355 e. The second-order valence-electron chi connectivity index (χ2n) is 4.56. The van der Waals surface area contributed by atoms with Crippen molar-refractivity contribution in [2.75, 3.05) is 6.61 Å². The number of nitrogens with one attached hydrogen (secondary N) is 2. The van der Waals surface area contributed by atoms with Gasteiger partial charge in [-0.05, 0) is 24.3 Å². The smallest absolute Gasteiger partial charge is 0.355 e. The Kier molecular flexibility index (Phi) is 5.08. The number of hydrogen-bond donors (Lipinski definition) is 2. The van der Waals surface area contributed by atoms with Crippen LogP contribution in [0.3, 0.4) is 0 Å². The molecule has 0 atom stereocenters. The van der Waals surface area contributed by atoms with Crippen LogP contribution in [0, 0.1) is 5.82 Å². The minimum absolute atomic E-state index is 0.214. The highest BCUT2D eigenvalue weighted by Crippen LogP contribution is 2.05. The van der Waals surface area contributed by atoms with Crippen LogP contribution in [-0.4, -0.2) is 29.0 Å². The minimum Gasteiger partial charge on any atom is -0.451 e. The number of hydrazine groups is 1. The highest BCUT2D eigenvalue weighted by molar-refractivity contribution is 5.96. The fraction of sp³-hybridized carbons (Fsp3) is 0.133. The number of rotatable bonds is 4. The van der Waals surface area contributed by atoms with Gasteiger partial charge in [0.1, 0.15) is 11.5 Å². The molecule has 0 saturated carbocycles. The van der Waals surface area contributed by atoms with E-state index in [4.69, 9.17) is 4.74 Å². The van der Waals surface area contributed by atoms with E-state index in [9.17, 15) is 18.8 Å². The first-order valence-corrected chi connectivity index (χ1v) is 6.61. The molecule has 1 aromatic carbocycles. The predicted molar refractivity (Wildman–Crippen MR) is 77.7 cm³/mol. The summed E-state index contributed by atoms with van der Waals surface area (Å²) in [5.74, 6) is -2.95. The first-order valence-electron chi connectivity index (χ1n) is 6.61. The van der Waals surface area contributed by atoms with E-state index in [1.54, 1.807) is 29.9 Å². The Labute approximate surface area is 131 Å². The topological polar surface area (TPSA) is 89.4 Å². The number of hydrogen-bond acceptors (Lipinski definition) is 4. The zero-order valence-electron chi connectivity index (χ0n) is 12.2. The van der Waals surface area contributed by atoms with Crippen LogP contribution in [0.5, 0.6) is 0 Å². The van der Waals surface area contributed by atoms with E-state index in [1.807, 2.05) is 10.9 Å². The Hall–Kier alpha value is -3.16. The van der Waals surface area contributed by atoms with Gasteiger partial charge in [0.15, 0.2) is 6.61 Å². The molecule has 2 aromatic rings. The van der Waals surface area contributed by atoms with Gasteiger partial charge >= 0.3 is 5.97 Å². The Morgan fingerprint density at radius 1 is 1.13 bits per heavy atom. The van der Waals surface area contributed by atoms with Gasteiger partial charge in [-0.3, -0.25) is 20.4 Å². The molecular weight excluding hydrogens is 305 g/mol. The van der Waals surface area contributed by atoms with Crippen LogP contribution in [-0.2, 0) is 16.6 Å². The van der Waals surface area contributed by atoms with E-state index in [0.717, 1.165) is 6.07 Å². The van der Waals surface area contributed by atoms with Gasteiger partial charge in [-0.25, -0.2) is 9.18 Å². The summed E-state index contributed by atoms with van der Waals surface area (Å²) in [6.45, 7) is -0.582. The highest BCUT2D eigenvalue weighted by Gasteiger charge is 2.14. The molecular formula is C15H14FN3O4. The second kappa shape index (κ2) is 7.21. The van der Waals surface area contributed by atoms with Crippen molar-refractivity contribution in [2.45, 2.75) is 0 Å². The number of amides is 2. The molecule has 1 heterocycles. The summed E-state index contributed by atoms with van der Waals surface area (Å²) in [5, 5.41) is 0. The zero-order chi connectivity index (χ0) is 16.8. The van der Waals surface area contributed by atoms with Gasteiger partial charge in [0.2, 0.25) is 0 Å². The first-order chi connectivity index (χ1) is 11.0. The van der Waals surface area contributed by atoms with Crippen molar-refractivity contribution in [3.63, 3.8) is 0 Å². The summed E-state index contributed by atoms with van der Waals surface area (Å²) in [5.41, 5.74) is 4.14.